The van der Waals surface area contributed by atoms with Crippen molar-refractivity contribution in [1.82, 2.24) is 14.9 Å². The SMILES string of the molecule is O=C(CSc1nc2ccccc2c(=O)n1C1CC1)NC1CCCC1. The van der Waals surface area contributed by atoms with Crippen LogP contribution in [0.3, 0.4) is 0 Å². The average Bonchev–Trinajstić information content (AvgIpc) is 3.29. The summed E-state index contributed by atoms with van der Waals surface area (Å²) in [7, 11) is 0. The minimum atomic E-state index is 0.0156. The Morgan fingerprint density at radius 3 is 2.71 bits per heavy atom. The van der Waals surface area contributed by atoms with Gasteiger partial charge in [0.2, 0.25) is 5.91 Å². The molecular weight excluding hydrogens is 322 g/mol. The van der Waals surface area contributed by atoms with E-state index >= 15 is 0 Å². The molecule has 4 rings (SSSR count). The molecule has 0 spiro atoms. The molecule has 2 saturated carbocycles. The van der Waals surface area contributed by atoms with E-state index in [1.807, 2.05) is 24.3 Å². The van der Waals surface area contributed by atoms with E-state index in [1.165, 1.54) is 24.6 Å². The molecule has 6 heteroatoms. The fourth-order valence-corrected chi connectivity index (χ4v) is 4.23. The second-order valence-electron chi connectivity index (χ2n) is 6.66. The van der Waals surface area contributed by atoms with Crippen LogP contribution in [0.5, 0.6) is 0 Å². The lowest BCUT2D eigenvalue weighted by molar-refractivity contribution is -0.119. The molecule has 0 atom stereocenters. The third kappa shape index (κ3) is 3.20. The van der Waals surface area contributed by atoms with Crippen molar-refractivity contribution in [3.8, 4) is 0 Å². The Morgan fingerprint density at radius 1 is 1.21 bits per heavy atom. The van der Waals surface area contributed by atoms with E-state index in [4.69, 9.17) is 0 Å². The van der Waals surface area contributed by atoms with Crippen LogP contribution in [0.1, 0.15) is 44.6 Å². The lowest BCUT2D eigenvalue weighted by Gasteiger charge is -2.14. The van der Waals surface area contributed by atoms with Crippen molar-refractivity contribution in [3.05, 3.63) is 34.6 Å². The number of carbonyl (C=O) groups is 1. The highest BCUT2D eigenvalue weighted by molar-refractivity contribution is 7.99. The van der Waals surface area contributed by atoms with Gasteiger partial charge in [-0.25, -0.2) is 4.98 Å². The topological polar surface area (TPSA) is 64.0 Å². The number of amides is 1. The van der Waals surface area contributed by atoms with Crippen molar-refractivity contribution in [3.63, 3.8) is 0 Å². The fraction of sp³-hybridized carbons (Fsp3) is 0.500. The van der Waals surface area contributed by atoms with Crippen LogP contribution in [0.4, 0.5) is 0 Å². The summed E-state index contributed by atoms with van der Waals surface area (Å²) in [4.78, 5) is 29.6. The molecule has 5 nitrogen and oxygen atoms in total. The molecule has 1 N–H and O–H groups in total. The summed E-state index contributed by atoms with van der Waals surface area (Å²) in [5.41, 5.74) is 0.722. The van der Waals surface area contributed by atoms with E-state index in [9.17, 15) is 9.59 Å². The molecule has 1 aromatic heterocycles. The first-order chi connectivity index (χ1) is 11.7. The Morgan fingerprint density at radius 2 is 1.96 bits per heavy atom. The molecule has 0 unspecified atom stereocenters. The monoisotopic (exact) mass is 343 g/mol. The van der Waals surface area contributed by atoms with Crippen LogP contribution in [-0.2, 0) is 4.79 Å². The first kappa shape index (κ1) is 15.7. The van der Waals surface area contributed by atoms with Gasteiger partial charge in [-0.15, -0.1) is 0 Å². The highest BCUT2D eigenvalue weighted by atomic mass is 32.2. The third-order valence-corrected chi connectivity index (χ3v) is 5.69. The van der Waals surface area contributed by atoms with Gasteiger partial charge >= 0.3 is 0 Å². The Balaban J connectivity index is 1.55. The van der Waals surface area contributed by atoms with Gasteiger partial charge in [0.1, 0.15) is 0 Å². The smallest absolute Gasteiger partial charge is 0.262 e. The number of hydrogen-bond donors (Lipinski definition) is 1. The molecule has 2 aromatic rings. The molecule has 1 aromatic carbocycles. The van der Waals surface area contributed by atoms with Crippen LogP contribution in [0.15, 0.2) is 34.2 Å². The Labute approximate surface area is 144 Å². The number of para-hydroxylation sites is 1. The van der Waals surface area contributed by atoms with Crippen LogP contribution < -0.4 is 10.9 Å². The van der Waals surface area contributed by atoms with Crippen LogP contribution in [0, 0.1) is 0 Å². The van der Waals surface area contributed by atoms with Crippen molar-refractivity contribution in [1.29, 1.82) is 0 Å². The summed E-state index contributed by atoms with van der Waals surface area (Å²) in [5.74, 6) is 0.352. The minimum absolute atomic E-state index is 0.0156. The highest BCUT2D eigenvalue weighted by Crippen LogP contribution is 2.36. The number of nitrogens with zero attached hydrogens (tertiary/aromatic N) is 2. The molecule has 2 aliphatic rings. The summed E-state index contributed by atoms with van der Waals surface area (Å²) in [5, 5.41) is 4.42. The van der Waals surface area contributed by atoms with Gasteiger partial charge < -0.3 is 5.32 Å². The maximum Gasteiger partial charge on any atom is 0.262 e. The molecule has 2 fully saturated rings. The molecule has 2 aliphatic carbocycles. The van der Waals surface area contributed by atoms with E-state index < -0.39 is 0 Å². The predicted octanol–water partition coefficient (Wildman–Crippen LogP) is 2.88. The first-order valence-corrected chi connectivity index (χ1v) is 9.64. The van der Waals surface area contributed by atoms with Crippen molar-refractivity contribution in [2.45, 2.75) is 55.8 Å². The van der Waals surface area contributed by atoms with Crippen molar-refractivity contribution < 1.29 is 4.79 Å². The van der Waals surface area contributed by atoms with Gasteiger partial charge in [-0.2, -0.15) is 0 Å². The van der Waals surface area contributed by atoms with E-state index in [0.29, 0.717) is 27.9 Å². The van der Waals surface area contributed by atoms with Gasteiger partial charge in [0.05, 0.1) is 16.7 Å². The fourth-order valence-electron chi connectivity index (χ4n) is 3.35. The molecule has 1 amide bonds. The second kappa shape index (κ2) is 6.59. The standard InChI is InChI=1S/C18H21N3O2S/c22-16(19-12-5-1-2-6-12)11-24-18-20-15-8-4-3-7-14(15)17(23)21(18)13-9-10-13/h3-4,7-8,12-13H,1-2,5-6,9-11H2,(H,19,22). The Hall–Kier alpha value is -1.82. The number of fused-ring (bicyclic) bond motifs is 1. The summed E-state index contributed by atoms with van der Waals surface area (Å²) in [6.07, 6.45) is 6.59. The number of hydrogen-bond acceptors (Lipinski definition) is 4. The van der Waals surface area contributed by atoms with Crippen LogP contribution >= 0.6 is 11.8 Å². The van der Waals surface area contributed by atoms with Crippen molar-refractivity contribution in [2.75, 3.05) is 5.75 Å². The van der Waals surface area contributed by atoms with Gasteiger partial charge in [0.25, 0.3) is 5.56 Å². The maximum absolute atomic E-state index is 12.8. The molecule has 24 heavy (non-hydrogen) atoms. The van der Waals surface area contributed by atoms with E-state index in [0.717, 1.165) is 25.7 Å². The maximum atomic E-state index is 12.8. The van der Waals surface area contributed by atoms with Gasteiger partial charge in [-0.05, 0) is 37.8 Å². The zero-order chi connectivity index (χ0) is 16.5. The first-order valence-electron chi connectivity index (χ1n) is 8.66. The summed E-state index contributed by atoms with van der Waals surface area (Å²) in [6.45, 7) is 0. The number of thioether (sulfide) groups is 1. The average molecular weight is 343 g/mol. The number of nitrogens with one attached hydrogen (secondary N) is 1. The van der Waals surface area contributed by atoms with Gasteiger partial charge in [0, 0.05) is 12.1 Å². The zero-order valence-corrected chi connectivity index (χ0v) is 14.3. The van der Waals surface area contributed by atoms with Gasteiger partial charge in [0.15, 0.2) is 5.16 Å². The second-order valence-corrected chi connectivity index (χ2v) is 7.60. The van der Waals surface area contributed by atoms with E-state index in [-0.39, 0.29) is 17.5 Å². The van der Waals surface area contributed by atoms with Crippen molar-refractivity contribution >= 4 is 28.6 Å². The summed E-state index contributed by atoms with van der Waals surface area (Å²) in [6, 6.07) is 8.01. The lowest BCUT2D eigenvalue weighted by atomic mass is 10.2. The van der Waals surface area contributed by atoms with Crippen molar-refractivity contribution in [2.24, 2.45) is 0 Å². The van der Waals surface area contributed by atoms with Gasteiger partial charge in [-0.1, -0.05) is 36.7 Å². The highest BCUT2D eigenvalue weighted by Gasteiger charge is 2.29. The summed E-state index contributed by atoms with van der Waals surface area (Å²) >= 11 is 1.38. The zero-order valence-electron chi connectivity index (χ0n) is 13.5. The molecule has 0 bridgehead atoms. The van der Waals surface area contributed by atoms with Crippen LogP contribution in [0.2, 0.25) is 0 Å². The van der Waals surface area contributed by atoms with Crippen LogP contribution in [0.25, 0.3) is 10.9 Å². The molecule has 0 radical (unpaired) electrons. The quantitative estimate of drug-likeness (QED) is 0.670. The van der Waals surface area contributed by atoms with E-state index in [1.54, 1.807) is 4.57 Å². The normalized spacial score (nSPS) is 18.2. The summed E-state index contributed by atoms with van der Waals surface area (Å²) < 4.78 is 1.79. The number of carbonyl (C=O) groups excluding carboxylic acids is 1. The Kier molecular flexibility index (Phi) is 4.31. The minimum Gasteiger partial charge on any atom is -0.353 e. The Bertz CT molecular complexity index is 823. The molecule has 126 valence electrons. The predicted molar refractivity (Wildman–Crippen MR) is 95.4 cm³/mol. The van der Waals surface area contributed by atoms with Gasteiger partial charge in [-0.3, -0.25) is 14.2 Å². The third-order valence-electron chi connectivity index (χ3n) is 4.74. The number of aromatic nitrogens is 2. The van der Waals surface area contributed by atoms with Crippen LogP contribution in [-0.4, -0.2) is 27.3 Å². The number of rotatable bonds is 5. The number of benzene rings is 1. The molecule has 1 heterocycles. The molecular formula is C18H21N3O2S. The largest absolute Gasteiger partial charge is 0.353 e. The molecule has 0 saturated heterocycles. The lowest BCUT2D eigenvalue weighted by Crippen LogP contribution is -2.34. The molecule has 0 aliphatic heterocycles. The van der Waals surface area contributed by atoms with E-state index in [2.05, 4.69) is 10.3 Å².